The summed E-state index contributed by atoms with van der Waals surface area (Å²) in [6.07, 6.45) is 5.09. The van der Waals surface area contributed by atoms with Crippen LogP contribution in [0, 0.1) is 0 Å². The van der Waals surface area contributed by atoms with Crippen LogP contribution in [-0.4, -0.2) is 41.9 Å². The Labute approximate surface area is 130 Å². The molecule has 22 heavy (non-hydrogen) atoms. The molecule has 0 unspecified atom stereocenters. The highest BCUT2D eigenvalue weighted by Gasteiger charge is 2.14. The van der Waals surface area contributed by atoms with Crippen LogP contribution < -0.4 is 15.0 Å². The molecule has 2 aromatic rings. The first kappa shape index (κ1) is 14.6. The first-order chi connectivity index (χ1) is 10.8. The Kier molecular flexibility index (Phi) is 4.68. The molecule has 2 heterocycles. The van der Waals surface area contributed by atoms with Gasteiger partial charge in [-0.2, -0.15) is 10.1 Å². The molecule has 1 aromatic carbocycles. The van der Waals surface area contributed by atoms with E-state index in [1.54, 1.807) is 13.3 Å². The maximum absolute atomic E-state index is 5.16. The number of anilines is 2. The van der Waals surface area contributed by atoms with E-state index in [0.29, 0.717) is 5.95 Å². The lowest BCUT2D eigenvalue weighted by molar-refractivity contribution is 0.414. The van der Waals surface area contributed by atoms with Crippen LogP contribution in [0.3, 0.4) is 0 Å². The van der Waals surface area contributed by atoms with E-state index >= 15 is 0 Å². The van der Waals surface area contributed by atoms with Crippen molar-refractivity contribution in [1.29, 1.82) is 0 Å². The van der Waals surface area contributed by atoms with Gasteiger partial charge in [-0.15, -0.1) is 5.10 Å². The molecule has 116 valence electrons. The van der Waals surface area contributed by atoms with Gasteiger partial charge in [0.2, 0.25) is 5.95 Å². The smallest absolute Gasteiger partial charge is 0.244 e. The topological polar surface area (TPSA) is 63.2 Å². The Hall–Kier alpha value is -2.37. The SMILES string of the molecule is COc1ccc(CCNc2nncc(N3CCCC3)n2)cc1. The lowest BCUT2D eigenvalue weighted by Crippen LogP contribution is -2.20. The summed E-state index contributed by atoms with van der Waals surface area (Å²) >= 11 is 0. The number of nitrogens with zero attached hydrogens (tertiary/aromatic N) is 4. The van der Waals surface area contributed by atoms with Crippen molar-refractivity contribution in [2.75, 3.05) is 37.0 Å². The van der Waals surface area contributed by atoms with Gasteiger partial charge in [-0.1, -0.05) is 12.1 Å². The van der Waals surface area contributed by atoms with E-state index < -0.39 is 0 Å². The standard InChI is InChI=1S/C16H21N5O/c1-22-14-6-4-13(5-7-14)8-9-17-16-19-15(12-18-20-16)21-10-2-3-11-21/h4-7,12H,2-3,8-11H2,1H3,(H,17,19,20). The van der Waals surface area contributed by atoms with Crippen molar-refractivity contribution in [1.82, 2.24) is 15.2 Å². The van der Waals surface area contributed by atoms with Crippen LogP contribution in [-0.2, 0) is 6.42 Å². The van der Waals surface area contributed by atoms with Crippen LogP contribution in [0.25, 0.3) is 0 Å². The molecule has 0 atom stereocenters. The highest BCUT2D eigenvalue weighted by Crippen LogP contribution is 2.17. The van der Waals surface area contributed by atoms with Crippen molar-refractivity contribution in [3.8, 4) is 5.75 Å². The molecule has 1 fully saturated rings. The third kappa shape index (κ3) is 3.63. The highest BCUT2D eigenvalue weighted by molar-refractivity contribution is 5.41. The van der Waals surface area contributed by atoms with E-state index in [-0.39, 0.29) is 0 Å². The number of nitrogens with one attached hydrogen (secondary N) is 1. The number of methoxy groups -OCH3 is 1. The minimum atomic E-state index is 0.595. The summed E-state index contributed by atoms with van der Waals surface area (Å²) in [5.41, 5.74) is 1.25. The summed E-state index contributed by atoms with van der Waals surface area (Å²) in [4.78, 5) is 6.79. The highest BCUT2D eigenvalue weighted by atomic mass is 16.5. The van der Waals surface area contributed by atoms with E-state index in [1.165, 1.54) is 18.4 Å². The zero-order chi connectivity index (χ0) is 15.2. The van der Waals surface area contributed by atoms with Crippen LogP contribution in [0.5, 0.6) is 5.75 Å². The molecule has 0 radical (unpaired) electrons. The van der Waals surface area contributed by atoms with Crippen LogP contribution in [0.2, 0.25) is 0 Å². The zero-order valence-corrected chi connectivity index (χ0v) is 12.8. The predicted octanol–water partition coefficient (Wildman–Crippen LogP) is 2.13. The molecule has 0 saturated carbocycles. The Morgan fingerprint density at radius 2 is 1.95 bits per heavy atom. The average Bonchev–Trinajstić information content (AvgIpc) is 3.10. The molecular formula is C16H21N5O. The van der Waals surface area contributed by atoms with Crippen LogP contribution in [0.1, 0.15) is 18.4 Å². The molecule has 1 saturated heterocycles. The lowest BCUT2D eigenvalue weighted by Gasteiger charge is -2.15. The van der Waals surface area contributed by atoms with Gasteiger partial charge in [0.15, 0.2) is 5.82 Å². The fraction of sp³-hybridized carbons (Fsp3) is 0.438. The summed E-state index contributed by atoms with van der Waals surface area (Å²) in [5.74, 6) is 2.39. The van der Waals surface area contributed by atoms with Gasteiger partial charge >= 0.3 is 0 Å². The average molecular weight is 299 g/mol. The second-order valence-corrected chi connectivity index (χ2v) is 5.36. The Balaban J connectivity index is 1.53. The van der Waals surface area contributed by atoms with E-state index in [2.05, 4.69) is 37.5 Å². The third-order valence-electron chi connectivity index (χ3n) is 3.83. The quantitative estimate of drug-likeness (QED) is 0.881. The summed E-state index contributed by atoms with van der Waals surface area (Å²) < 4.78 is 5.16. The maximum atomic E-state index is 5.16. The van der Waals surface area contributed by atoms with Crippen LogP contribution in [0.15, 0.2) is 30.5 Å². The zero-order valence-electron chi connectivity index (χ0n) is 12.8. The monoisotopic (exact) mass is 299 g/mol. The van der Waals surface area contributed by atoms with Gasteiger partial charge in [0.05, 0.1) is 13.3 Å². The van der Waals surface area contributed by atoms with E-state index in [9.17, 15) is 0 Å². The van der Waals surface area contributed by atoms with Crippen LogP contribution >= 0.6 is 0 Å². The normalized spacial score (nSPS) is 14.1. The van der Waals surface area contributed by atoms with Gasteiger partial charge in [-0.25, -0.2) is 0 Å². The fourth-order valence-electron chi connectivity index (χ4n) is 2.58. The Morgan fingerprint density at radius 1 is 1.18 bits per heavy atom. The van der Waals surface area contributed by atoms with Crippen molar-refractivity contribution >= 4 is 11.8 Å². The van der Waals surface area contributed by atoms with Crippen molar-refractivity contribution in [3.05, 3.63) is 36.0 Å². The van der Waals surface area contributed by atoms with Gasteiger partial charge in [0, 0.05) is 19.6 Å². The molecule has 1 N–H and O–H groups in total. The molecule has 0 bridgehead atoms. The molecule has 0 amide bonds. The number of rotatable bonds is 6. The molecule has 6 nitrogen and oxygen atoms in total. The van der Waals surface area contributed by atoms with E-state index in [4.69, 9.17) is 4.74 Å². The Morgan fingerprint density at radius 3 is 2.68 bits per heavy atom. The molecular weight excluding hydrogens is 278 g/mol. The minimum absolute atomic E-state index is 0.595. The molecule has 1 aromatic heterocycles. The second kappa shape index (κ2) is 7.06. The number of aromatic nitrogens is 3. The van der Waals surface area contributed by atoms with E-state index in [1.807, 2.05) is 12.1 Å². The minimum Gasteiger partial charge on any atom is -0.497 e. The molecule has 1 aliphatic rings. The molecule has 1 aliphatic heterocycles. The van der Waals surface area contributed by atoms with Gasteiger partial charge in [-0.05, 0) is 37.0 Å². The van der Waals surface area contributed by atoms with Gasteiger partial charge in [0.1, 0.15) is 5.75 Å². The van der Waals surface area contributed by atoms with Gasteiger partial charge in [0.25, 0.3) is 0 Å². The number of benzene rings is 1. The van der Waals surface area contributed by atoms with Gasteiger partial charge in [-0.3, -0.25) is 0 Å². The maximum Gasteiger partial charge on any atom is 0.244 e. The molecule has 0 spiro atoms. The summed E-state index contributed by atoms with van der Waals surface area (Å²) in [6, 6.07) is 8.09. The van der Waals surface area contributed by atoms with Crippen molar-refractivity contribution in [3.63, 3.8) is 0 Å². The second-order valence-electron chi connectivity index (χ2n) is 5.36. The number of ether oxygens (including phenoxy) is 1. The molecule has 0 aliphatic carbocycles. The number of hydrogen-bond acceptors (Lipinski definition) is 6. The fourth-order valence-corrected chi connectivity index (χ4v) is 2.58. The van der Waals surface area contributed by atoms with Gasteiger partial charge < -0.3 is 15.0 Å². The van der Waals surface area contributed by atoms with Crippen molar-refractivity contribution in [2.45, 2.75) is 19.3 Å². The van der Waals surface area contributed by atoms with Crippen molar-refractivity contribution < 1.29 is 4.74 Å². The summed E-state index contributed by atoms with van der Waals surface area (Å²) in [6.45, 7) is 2.89. The first-order valence-corrected chi connectivity index (χ1v) is 7.66. The predicted molar refractivity (Wildman–Crippen MR) is 86.5 cm³/mol. The van der Waals surface area contributed by atoms with E-state index in [0.717, 1.165) is 37.6 Å². The number of hydrogen-bond donors (Lipinski definition) is 1. The lowest BCUT2D eigenvalue weighted by atomic mass is 10.1. The summed E-state index contributed by atoms with van der Waals surface area (Å²) in [5, 5.41) is 11.3. The molecule has 6 heteroatoms. The van der Waals surface area contributed by atoms with Crippen LogP contribution in [0.4, 0.5) is 11.8 Å². The Bertz CT molecular complexity index is 596. The van der Waals surface area contributed by atoms with Crippen molar-refractivity contribution in [2.24, 2.45) is 0 Å². The molecule has 3 rings (SSSR count). The first-order valence-electron chi connectivity index (χ1n) is 7.66. The third-order valence-corrected chi connectivity index (χ3v) is 3.83. The summed E-state index contributed by atoms with van der Waals surface area (Å²) in [7, 11) is 1.67. The largest absolute Gasteiger partial charge is 0.497 e.